The van der Waals surface area contributed by atoms with Gasteiger partial charge in [-0.2, -0.15) is 0 Å². The number of halogens is 1. The summed E-state index contributed by atoms with van der Waals surface area (Å²) in [5, 5.41) is 5.77. The molecule has 0 unspecified atom stereocenters. The first-order chi connectivity index (χ1) is 15.0. The monoisotopic (exact) mass is 414 g/mol. The van der Waals surface area contributed by atoms with Gasteiger partial charge in [-0.3, -0.25) is 9.59 Å². The number of anilines is 2. The number of aromatic nitrogens is 2. The zero-order chi connectivity index (χ0) is 21.4. The summed E-state index contributed by atoms with van der Waals surface area (Å²) in [6, 6.07) is 17.3. The number of benzene rings is 3. The lowest BCUT2D eigenvalue weighted by atomic mass is 9.99. The van der Waals surface area contributed by atoms with Crippen LogP contribution in [0.5, 0.6) is 0 Å². The predicted octanol–water partition coefficient (Wildman–Crippen LogP) is 4.43. The van der Waals surface area contributed by atoms with Gasteiger partial charge in [0.25, 0.3) is 0 Å². The molecule has 4 aromatic rings. The molecule has 0 spiro atoms. The third kappa shape index (κ3) is 4.02. The maximum atomic E-state index is 13.1. The molecule has 0 fully saturated rings. The number of carbonyl (C=O) groups is 2. The van der Waals surface area contributed by atoms with E-state index in [0.717, 1.165) is 33.4 Å². The number of aromatic amines is 1. The Morgan fingerprint density at radius 1 is 1.03 bits per heavy atom. The molecule has 0 radical (unpaired) electrons. The molecule has 2 heterocycles. The fourth-order valence-corrected chi connectivity index (χ4v) is 3.77. The second-order valence-electron chi connectivity index (χ2n) is 7.59. The predicted molar refractivity (Wildman–Crippen MR) is 117 cm³/mol. The molecular formula is C24H19FN4O2. The van der Waals surface area contributed by atoms with E-state index in [2.05, 4.69) is 20.6 Å². The van der Waals surface area contributed by atoms with Gasteiger partial charge in [-0.05, 0) is 66.1 Å². The lowest BCUT2D eigenvalue weighted by Gasteiger charge is -2.17. The molecule has 0 aliphatic carbocycles. The molecule has 1 aliphatic rings. The van der Waals surface area contributed by atoms with Crippen LogP contribution in [-0.2, 0) is 22.4 Å². The van der Waals surface area contributed by atoms with Crippen molar-refractivity contribution >= 4 is 34.2 Å². The van der Waals surface area contributed by atoms with E-state index in [1.807, 2.05) is 30.3 Å². The minimum atomic E-state index is -0.298. The SMILES string of the molecule is O=C(Cc1ccc2c(c1)CCC(=O)N2)Nc1ccc2nc(-c3ccc(F)cc3)[nH]c2c1. The number of rotatable bonds is 4. The van der Waals surface area contributed by atoms with Crippen LogP contribution in [0.3, 0.4) is 0 Å². The van der Waals surface area contributed by atoms with Gasteiger partial charge in [0.05, 0.1) is 17.5 Å². The van der Waals surface area contributed by atoms with Gasteiger partial charge in [0.15, 0.2) is 0 Å². The van der Waals surface area contributed by atoms with Crippen LogP contribution in [0, 0.1) is 5.82 Å². The van der Waals surface area contributed by atoms with Crippen molar-refractivity contribution in [2.45, 2.75) is 19.3 Å². The van der Waals surface area contributed by atoms with Gasteiger partial charge in [-0.1, -0.05) is 12.1 Å². The molecule has 1 aromatic heterocycles. The number of carbonyl (C=O) groups excluding carboxylic acids is 2. The topological polar surface area (TPSA) is 86.9 Å². The van der Waals surface area contributed by atoms with Crippen LogP contribution in [0.1, 0.15) is 17.5 Å². The summed E-state index contributed by atoms with van der Waals surface area (Å²) in [5.41, 5.74) is 5.76. The maximum Gasteiger partial charge on any atom is 0.228 e. The Balaban J connectivity index is 1.30. The number of nitrogens with one attached hydrogen (secondary N) is 3. The molecule has 0 saturated heterocycles. The minimum Gasteiger partial charge on any atom is -0.338 e. The fourth-order valence-electron chi connectivity index (χ4n) is 3.77. The van der Waals surface area contributed by atoms with Crippen molar-refractivity contribution in [2.75, 3.05) is 10.6 Å². The summed E-state index contributed by atoms with van der Waals surface area (Å²) in [7, 11) is 0. The largest absolute Gasteiger partial charge is 0.338 e. The molecule has 0 bridgehead atoms. The Hall–Kier alpha value is -4.00. The number of hydrogen-bond acceptors (Lipinski definition) is 3. The van der Waals surface area contributed by atoms with Crippen molar-refractivity contribution in [3.63, 3.8) is 0 Å². The van der Waals surface area contributed by atoms with Crippen LogP contribution in [0.4, 0.5) is 15.8 Å². The fraction of sp³-hybridized carbons (Fsp3) is 0.125. The number of hydrogen-bond donors (Lipinski definition) is 3. The van der Waals surface area contributed by atoms with Crippen molar-refractivity contribution in [1.29, 1.82) is 0 Å². The Labute approximate surface area is 177 Å². The molecule has 0 atom stereocenters. The van der Waals surface area contributed by atoms with Gasteiger partial charge < -0.3 is 15.6 Å². The first-order valence-electron chi connectivity index (χ1n) is 10.0. The standard InChI is InChI=1S/C24H19FN4O2/c25-17-5-2-15(3-6-17)24-28-20-9-7-18(13-21(20)29-24)26-23(31)12-14-1-8-19-16(11-14)4-10-22(30)27-19/h1-3,5-9,11,13H,4,10,12H2,(H,26,31)(H,27,30)(H,28,29). The average molecular weight is 414 g/mol. The van der Waals surface area contributed by atoms with Crippen molar-refractivity contribution < 1.29 is 14.0 Å². The summed E-state index contributed by atoms with van der Waals surface area (Å²) in [5.74, 6) is 0.236. The minimum absolute atomic E-state index is 0.0229. The number of nitrogens with zero attached hydrogens (tertiary/aromatic N) is 1. The lowest BCUT2D eigenvalue weighted by Crippen LogP contribution is -2.19. The molecule has 2 amide bonds. The highest BCUT2D eigenvalue weighted by Gasteiger charge is 2.15. The van der Waals surface area contributed by atoms with Crippen LogP contribution in [0.25, 0.3) is 22.4 Å². The number of amides is 2. The van der Waals surface area contributed by atoms with Crippen molar-refractivity contribution in [3.05, 3.63) is 77.6 Å². The van der Waals surface area contributed by atoms with E-state index in [1.54, 1.807) is 18.2 Å². The summed E-state index contributed by atoms with van der Waals surface area (Å²) < 4.78 is 13.1. The highest BCUT2D eigenvalue weighted by Crippen LogP contribution is 2.25. The van der Waals surface area contributed by atoms with E-state index in [9.17, 15) is 14.0 Å². The molecule has 6 nitrogen and oxygen atoms in total. The highest BCUT2D eigenvalue weighted by atomic mass is 19.1. The first-order valence-corrected chi connectivity index (χ1v) is 10.0. The molecule has 3 aromatic carbocycles. The van der Waals surface area contributed by atoms with E-state index in [0.29, 0.717) is 24.4 Å². The van der Waals surface area contributed by atoms with Gasteiger partial charge in [0.2, 0.25) is 11.8 Å². The highest BCUT2D eigenvalue weighted by molar-refractivity contribution is 5.96. The Morgan fingerprint density at radius 3 is 2.71 bits per heavy atom. The summed E-state index contributed by atoms with van der Waals surface area (Å²) in [6.07, 6.45) is 1.39. The number of fused-ring (bicyclic) bond motifs is 2. The zero-order valence-corrected chi connectivity index (χ0v) is 16.5. The zero-order valence-electron chi connectivity index (χ0n) is 16.5. The second kappa shape index (κ2) is 7.68. The Morgan fingerprint density at radius 2 is 1.87 bits per heavy atom. The lowest BCUT2D eigenvalue weighted by molar-refractivity contribution is -0.117. The summed E-state index contributed by atoms with van der Waals surface area (Å²) in [6.45, 7) is 0. The van der Waals surface area contributed by atoms with Crippen LogP contribution in [0.15, 0.2) is 60.7 Å². The molecular weight excluding hydrogens is 395 g/mol. The van der Waals surface area contributed by atoms with Gasteiger partial charge >= 0.3 is 0 Å². The number of H-pyrrole nitrogens is 1. The Bertz CT molecular complexity index is 1310. The van der Waals surface area contributed by atoms with E-state index in [-0.39, 0.29) is 24.1 Å². The molecule has 3 N–H and O–H groups in total. The van der Waals surface area contributed by atoms with E-state index in [1.165, 1.54) is 12.1 Å². The number of imidazole rings is 1. The Kier molecular flexibility index (Phi) is 4.71. The molecule has 1 aliphatic heterocycles. The smallest absolute Gasteiger partial charge is 0.228 e. The normalized spacial score (nSPS) is 13.0. The second-order valence-corrected chi connectivity index (χ2v) is 7.59. The summed E-state index contributed by atoms with van der Waals surface area (Å²) in [4.78, 5) is 31.8. The van der Waals surface area contributed by atoms with Crippen molar-refractivity contribution in [2.24, 2.45) is 0 Å². The third-order valence-corrected chi connectivity index (χ3v) is 5.31. The number of aryl methyl sites for hydroxylation is 1. The van der Waals surface area contributed by atoms with Gasteiger partial charge in [-0.25, -0.2) is 9.37 Å². The first kappa shape index (κ1) is 19.0. The maximum absolute atomic E-state index is 13.1. The van der Waals surface area contributed by atoms with E-state index in [4.69, 9.17) is 0 Å². The quantitative estimate of drug-likeness (QED) is 0.462. The van der Waals surface area contributed by atoms with Crippen molar-refractivity contribution in [1.82, 2.24) is 9.97 Å². The van der Waals surface area contributed by atoms with Gasteiger partial charge in [0.1, 0.15) is 11.6 Å². The third-order valence-electron chi connectivity index (χ3n) is 5.31. The van der Waals surface area contributed by atoms with E-state index < -0.39 is 0 Å². The molecule has 31 heavy (non-hydrogen) atoms. The van der Waals surface area contributed by atoms with Gasteiger partial charge in [-0.15, -0.1) is 0 Å². The molecule has 7 heteroatoms. The molecule has 0 saturated carbocycles. The summed E-state index contributed by atoms with van der Waals surface area (Å²) >= 11 is 0. The van der Waals surface area contributed by atoms with E-state index >= 15 is 0 Å². The van der Waals surface area contributed by atoms with Crippen LogP contribution < -0.4 is 10.6 Å². The molecule has 154 valence electrons. The van der Waals surface area contributed by atoms with Crippen LogP contribution in [-0.4, -0.2) is 21.8 Å². The van der Waals surface area contributed by atoms with Gasteiger partial charge in [0, 0.05) is 23.4 Å². The van der Waals surface area contributed by atoms with Crippen molar-refractivity contribution in [3.8, 4) is 11.4 Å². The molecule has 5 rings (SSSR count). The van der Waals surface area contributed by atoms with Crippen LogP contribution >= 0.6 is 0 Å². The average Bonchev–Trinajstić information content (AvgIpc) is 3.17. The van der Waals surface area contributed by atoms with Crippen LogP contribution in [0.2, 0.25) is 0 Å².